The van der Waals surface area contributed by atoms with Crippen LogP contribution in [0.2, 0.25) is 0 Å². The summed E-state index contributed by atoms with van der Waals surface area (Å²) in [6.07, 6.45) is -1.45. The van der Waals surface area contributed by atoms with E-state index in [-0.39, 0.29) is 0 Å². The Morgan fingerprint density at radius 1 is 1.10 bits per heavy atom. The average Bonchev–Trinajstić information content (AvgIpc) is 2.48. The van der Waals surface area contributed by atoms with Crippen LogP contribution in [0, 0.1) is 0 Å². The summed E-state index contributed by atoms with van der Waals surface area (Å²) in [5.74, 6) is -6.16. The normalized spacial score (nSPS) is 23.1. The van der Waals surface area contributed by atoms with Crippen LogP contribution in [-0.4, -0.2) is 24.3 Å². The first-order chi connectivity index (χ1) is 9.91. The maximum absolute atomic E-state index is 12.9. The maximum atomic E-state index is 12.9. The molecule has 1 aliphatic carbocycles. The number of hydrogen-bond acceptors (Lipinski definition) is 1. The van der Waals surface area contributed by atoms with Crippen molar-refractivity contribution in [2.75, 3.05) is 0 Å². The molecular formula is C15H17F4NO. The minimum absolute atomic E-state index is 0.329. The van der Waals surface area contributed by atoms with Gasteiger partial charge >= 0.3 is 12.3 Å². The molecule has 0 radical (unpaired) electrons. The Labute approximate surface area is 120 Å². The van der Waals surface area contributed by atoms with Crippen molar-refractivity contribution in [3.05, 3.63) is 35.9 Å². The van der Waals surface area contributed by atoms with Gasteiger partial charge in [-0.3, -0.25) is 4.79 Å². The van der Waals surface area contributed by atoms with Crippen LogP contribution in [-0.2, 0) is 4.79 Å². The van der Waals surface area contributed by atoms with Crippen molar-refractivity contribution in [1.82, 2.24) is 5.32 Å². The molecule has 1 N–H and O–H groups in total. The molecule has 1 amide bonds. The molecule has 0 atom stereocenters. The summed E-state index contributed by atoms with van der Waals surface area (Å²) < 4.78 is 49.9. The number of hydrogen-bond donors (Lipinski definition) is 1. The summed E-state index contributed by atoms with van der Waals surface area (Å²) in [5, 5.41) is 2.04. The standard InChI is InChI=1S/C15H17F4NO/c16-13(17)15(18,19)14(21)20-12-8-6-11(7-9-12)10-4-2-1-3-5-10/h1-5,11-13H,6-9H2,(H,20,21). The summed E-state index contributed by atoms with van der Waals surface area (Å²) in [6.45, 7) is 0. The van der Waals surface area contributed by atoms with Gasteiger partial charge in [0, 0.05) is 6.04 Å². The lowest BCUT2D eigenvalue weighted by Crippen LogP contribution is -2.49. The van der Waals surface area contributed by atoms with E-state index in [0.717, 1.165) is 12.8 Å². The van der Waals surface area contributed by atoms with E-state index in [2.05, 4.69) is 0 Å². The molecule has 0 heterocycles. The first kappa shape index (κ1) is 15.8. The van der Waals surface area contributed by atoms with E-state index in [1.807, 2.05) is 35.6 Å². The molecule has 2 rings (SSSR count). The lowest BCUT2D eigenvalue weighted by atomic mass is 9.82. The van der Waals surface area contributed by atoms with Crippen molar-refractivity contribution in [2.45, 2.75) is 50.0 Å². The monoisotopic (exact) mass is 303 g/mol. The molecule has 2 nitrogen and oxygen atoms in total. The first-order valence-electron chi connectivity index (χ1n) is 6.93. The quantitative estimate of drug-likeness (QED) is 0.844. The van der Waals surface area contributed by atoms with Gasteiger partial charge in [-0.05, 0) is 37.2 Å². The van der Waals surface area contributed by atoms with Gasteiger partial charge in [-0.2, -0.15) is 8.78 Å². The van der Waals surface area contributed by atoms with Crippen LogP contribution in [0.1, 0.15) is 37.2 Å². The second-order valence-electron chi connectivity index (χ2n) is 5.36. The van der Waals surface area contributed by atoms with Crippen LogP contribution in [0.4, 0.5) is 17.6 Å². The van der Waals surface area contributed by atoms with Crippen LogP contribution in [0.25, 0.3) is 0 Å². The maximum Gasteiger partial charge on any atom is 0.383 e. The number of halogens is 4. The SMILES string of the molecule is O=C(NC1CCC(c2ccccc2)CC1)C(F)(F)C(F)F. The first-order valence-corrected chi connectivity index (χ1v) is 6.93. The van der Waals surface area contributed by atoms with Crippen molar-refractivity contribution >= 4 is 5.91 Å². The molecule has 0 aliphatic heterocycles. The van der Waals surface area contributed by atoms with Gasteiger partial charge in [-0.15, -0.1) is 0 Å². The van der Waals surface area contributed by atoms with Gasteiger partial charge in [-0.1, -0.05) is 30.3 Å². The van der Waals surface area contributed by atoms with E-state index in [1.54, 1.807) is 0 Å². The molecule has 0 bridgehead atoms. The number of benzene rings is 1. The van der Waals surface area contributed by atoms with Gasteiger partial charge in [0.1, 0.15) is 0 Å². The van der Waals surface area contributed by atoms with Crippen LogP contribution >= 0.6 is 0 Å². The molecule has 1 fully saturated rings. The fraction of sp³-hybridized carbons (Fsp3) is 0.533. The molecule has 6 heteroatoms. The van der Waals surface area contributed by atoms with Gasteiger partial charge < -0.3 is 5.32 Å². The molecule has 0 saturated heterocycles. The Morgan fingerprint density at radius 3 is 2.19 bits per heavy atom. The zero-order valence-corrected chi connectivity index (χ0v) is 11.4. The third-order valence-electron chi connectivity index (χ3n) is 3.91. The molecule has 116 valence electrons. The number of rotatable bonds is 4. The number of alkyl halides is 4. The largest absolute Gasteiger partial charge is 0.383 e. The number of carbonyl (C=O) groups excluding carboxylic acids is 1. The topological polar surface area (TPSA) is 29.1 Å². The Balaban J connectivity index is 1.86. The number of nitrogens with one attached hydrogen (secondary N) is 1. The lowest BCUT2D eigenvalue weighted by Gasteiger charge is -2.30. The van der Waals surface area contributed by atoms with Gasteiger partial charge in [-0.25, -0.2) is 8.78 Å². The highest BCUT2D eigenvalue weighted by Crippen LogP contribution is 2.33. The fourth-order valence-electron chi connectivity index (χ4n) is 2.68. The Bertz CT molecular complexity index is 470. The zero-order chi connectivity index (χ0) is 15.5. The van der Waals surface area contributed by atoms with E-state index < -0.39 is 24.3 Å². The molecule has 1 saturated carbocycles. The van der Waals surface area contributed by atoms with Crippen LogP contribution in [0.5, 0.6) is 0 Å². The smallest absolute Gasteiger partial charge is 0.348 e. The van der Waals surface area contributed by atoms with Crippen molar-refractivity contribution < 1.29 is 22.4 Å². The third kappa shape index (κ3) is 3.74. The molecule has 1 aliphatic rings. The average molecular weight is 303 g/mol. The number of amides is 1. The second-order valence-corrected chi connectivity index (χ2v) is 5.36. The molecular weight excluding hydrogens is 286 g/mol. The summed E-state index contributed by atoms with van der Waals surface area (Å²) in [7, 11) is 0. The summed E-state index contributed by atoms with van der Waals surface area (Å²) in [4.78, 5) is 11.2. The minimum Gasteiger partial charge on any atom is -0.348 e. The lowest BCUT2D eigenvalue weighted by molar-refractivity contribution is -0.170. The predicted octanol–water partition coefficient (Wildman–Crippen LogP) is 3.73. The molecule has 1 aromatic carbocycles. The Kier molecular flexibility index (Phi) is 4.85. The summed E-state index contributed by atoms with van der Waals surface area (Å²) in [6, 6.07) is 9.35. The minimum atomic E-state index is -4.61. The molecule has 1 aromatic rings. The van der Waals surface area contributed by atoms with E-state index in [4.69, 9.17) is 0 Å². The van der Waals surface area contributed by atoms with Gasteiger partial charge in [0.05, 0.1) is 0 Å². The van der Waals surface area contributed by atoms with E-state index in [9.17, 15) is 22.4 Å². The third-order valence-corrected chi connectivity index (χ3v) is 3.91. The highest BCUT2D eigenvalue weighted by molar-refractivity contribution is 5.84. The van der Waals surface area contributed by atoms with Crippen molar-refractivity contribution in [1.29, 1.82) is 0 Å². The van der Waals surface area contributed by atoms with E-state index in [1.165, 1.54) is 5.56 Å². The molecule has 0 aromatic heterocycles. The second kappa shape index (κ2) is 6.45. The van der Waals surface area contributed by atoms with Gasteiger partial charge in [0.15, 0.2) is 0 Å². The van der Waals surface area contributed by atoms with Crippen molar-refractivity contribution in [3.63, 3.8) is 0 Å². The molecule has 0 unspecified atom stereocenters. The Morgan fingerprint density at radius 2 is 1.67 bits per heavy atom. The van der Waals surface area contributed by atoms with Gasteiger partial charge in [0.25, 0.3) is 5.91 Å². The highest BCUT2D eigenvalue weighted by atomic mass is 19.3. The Hall–Kier alpha value is -1.59. The van der Waals surface area contributed by atoms with Crippen LogP contribution in [0.15, 0.2) is 30.3 Å². The summed E-state index contributed by atoms with van der Waals surface area (Å²) >= 11 is 0. The highest BCUT2D eigenvalue weighted by Gasteiger charge is 2.49. The van der Waals surface area contributed by atoms with Crippen LogP contribution < -0.4 is 5.32 Å². The zero-order valence-electron chi connectivity index (χ0n) is 11.4. The fourth-order valence-corrected chi connectivity index (χ4v) is 2.68. The van der Waals surface area contributed by atoms with Gasteiger partial charge in [0.2, 0.25) is 0 Å². The predicted molar refractivity (Wildman–Crippen MR) is 70.5 cm³/mol. The van der Waals surface area contributed by atoms with Crippen LogP contribution in [0.3, 0.4) is 0 Å². The summed E-state index contributed by atoms with van der Waals surface area (Å²) in [5.41, 5.74) is 1.18. The number of carbonyl (C=O) groups is 1. The molecule has 0 spiro atoms. The van der Waals surface area contributed by atoms with E-state index >= 15 is 0 Å². The van der Waals surface area contributed by atoms with Crippen molar-refractivity contribution in [3.8, 4) is 0 Å². The van der Waals surface area contributed by atoms with E-state index in [0.29, 0.717) is 18.8 Å². The molecule has 21 heavy (non-hydrogen) atoms. The van der Waals surface area contributed by atoms with Crippen molar-refractivity contribution in [2.24, 2.45) is 0 Å².